The Labute approximate surface area is 152 Å². The number of quaternary nitrogens is 1. The fourth-order valence-corrected chi connectivity index (χ4v) is 2.62. The van der Waals surface area contributed by atoms with Gasteiger partial charge in [0.15, 0.2) is 6.04 Å². The third-order valence-corrected chi connectivity index (χ3v) is 4.44. The fourth-order valence-electron chi connectivity index (χ4n) is 2.32. The average molecular weight is 368 g/mol. The van der Waals surface area contributed by atoms with Gasteiger partial charge in [0, 0.05) is 15.6 Å². The Morgan fingerprint density at radius 2 is 1.79 bits per heavy atom. The molecule has 0 aromatic heterocycles. The van der Waals surface area contributed by atoms with Gasteiger partial charge in [-0.2, -0.15) is 0 Å². The Kier molecular flexibility index (Phi) is 6.49. The molecule has 0 radical (unpaired) electrons. The lowest BCUT2D eigenvalue weighted by molar-refractivity contribution is -0.907. The highest BCUT2D eigenvalue weighted by molar-refractivity contribution is 6.31. The van der Waals surface area contributed by atoms with Crippen molar-refractivity contribution in [2.45, 2.75) is 19.5 Å². The molecule has 128 valence electrons. The lowest BCUT2D eigenvalue weighted by atomic mass is 10.2. The summed E-state index contributed by atoms with van der Waals surface area (Å²) in [7, 11) is 3.54. The van der Waals surface area contributed by atoms with E-state index < -0.39 is 0 Å². The molecule has 2 atom stereocenters. The Morgan fingerprint density at radius 3 is 2.42 bits per heavy atom. The summed E-state index contributed by atoms with van der Waals surface area (Å²) in [5, 5.41) is 4.13. The second-order valence-electron chi connectivity index (χ2n) is 5.71. The molecule has 0 aliphatic heterocycles. The van der Waals surface area contributed by atoms with Gasteiger partial charge in [-0.3, -0.25) is 4.79 Å². The Morgan fingerprint density at radius 1 is 1.17 bits per heavy atom. The van der Waals surface area contributed by atoms with Crippen LogP contribution in [0.1, 0.15) is 12.5 Å². The molecule has 2 aromatic rings. The van der Waals surface area contributed by atoms with Gasteiger partial charge in [0.2, 0.25) is 0 Å². The normalized spacial score (nSPS) is 13.2. The molecular formula is C18H21Cl2N2O2+. The molecule has 0 saturated carbocycles. The summed E-state index contributed by atoms with van der Waals surface area (Å²) >= 11 is 11.9. The van der Waals surface area contributed by atoms with Crippen LogP contribution in [0.5, 0.6) is 5.75 Å². The van der Waals surface area contributed by atoms with Crippen molar-refractivity contribution in [3.63, 3.8) is 0 Å². The van der Waals surface area contributed by atoms with E-state index in [9.17, 15) is 4.79 Å². The smallest absolute Gasteiger partial charge is 0.282 e. The van der Waals surface area contributed by atoms with Crippen molar-refractivity contribution in [2.24, 2.45) is 0 Å². The number of likely N-dealkylation sites (N-methyl/N-ethyl adjacent to an activating group) is 1. The first kappa shape index (κ1) is 18.6. The topological polar surface area (TPSA) is 42.8 Å². The zero-order valence-electron chi connectivity index (χ0n) is 13.9. The first-order chi connectivity index (χ1) is 11.4. The lowest BCUT2D eigenvalue weighted by Gasteiger charge is -2.21. The van der Waals surface area contributed by atoms with E-state index in [0.717, 1.165) is 17.0 Å². The summed E-state index contributed by atoms with van der Waals surface area (Å²) < 4.78 is 5.26. The number of carbonyl (C=O) groups excluding carboxylic acids is 1. The van der Waals surface area contributed by atoms with Crippen LogP contribution in [-0.2, 0) is 11.3 Å². The van der Waals surface area contributed by atoms with Crippen molar-refractivity contribution in [1.29, 1.82) is 0 Å². The quantitative estimate of drug-likeness (QED) is 0.823. The van der Waals surface area contributed by atoms with Crippen LogP contribution in [0, 0.1) is 0 Å². The summed E-state index contributed by atoms with van der Waals surface area (Å²) in [6, 6.07) is 12.5. The summed E-state index contributed by atoms with van der Waals surface area (Å²) in [5.74, 6) is 0.484. The molecule has 0 heterocycles. The van der Waals surface area contributed by atoms with Gasteiger partial charge in [-0.1, -0.05) is 35.3 Å². The van der Waals surface area contributed by atoms with E-state index in [2.05, 4.69) is 5.32 Å². The molecule has 0 bridgehead atoms. The molecule has 4 nitrogen and oxygen atoms in total. The van der Waals surface area contributed by atoms with E-state index in [1.54, 1.807) is 25.3 Å². The molecule has 2 aromatic carbocycles. The number of amides is 1. The van der Waals surface area contributed by atoms with Crippen LogP contribution < -0.4 is 15.0 Å². The molecule has 0 aliphatic carbocycles. The molecular weight excluding hydrogens is 347 g/mol. The standard InChI is InChI=1S/C18H20Cl2N2O2/c1-12(22(2)11-13-4-6-14(19)7-5-13)18(23)21-16-10-15(20)8-9-17(16)24-3/h4-10,12H,11H2,1-3H3,(H,21,23)/p+1/t12-/m0/s1. The number of benzene rings is 2. The van der Waals surface area contributed by atoms with Crippen molar-refractivity contribution < 1.29 is 14.4 Å². The van der Waals surface area contributed by atoms with Gasteiger partial charge in [-0.05, 0) is 37.3 Å². The van der Waals surface area contributed by atoms with Crippen LogP contribution in [0.25, 0.3) is 0 Å². The predicted octanol–water partition coefficient (Wildman–Crippen LogP) is 3.04. The van der Waals surface area contributed by atoms with Gasteiger partial charge < -0.3 is 15.0 Å². The van der Waals surface area contributed by atoms with Crippen LogP contribution in [0.2, 0.25) is 10.0 Å². The van der Waals surface area contributed by atoms with Crippen molar-refractivity contribution in [2.75, 3.05) is 19.5 Å². The number of hydrogen-bond acceptors (Lipinski definition) is 2. The van der Waals surface area contributed by atoms with Crippen LogP contribution in [0.15, 0.2) is 42.5 Å². The van der Waals surface area contributed by atoms with Gasteiger partial charge in [-0.15, -0.1) is 0 Å². The van der Waals surface area contributed by atoms with E-state index >= 15 is 0 Å². The summed E-state index contributed by atoms with van der Waals surface area (Å²) in [5.41, 5.74) is 1.69. The summed E-state index contributed by atoms with van der Waals surface area (Å²) in [6.45, 7) is 2.61. The highest BCUT2D eigenvalue weighted by Crippen LogP contribution is 2.27. The molecule has 0 fully saturated rings. The van der Waals surface area contributed by atoms with Crippen LogP contribution >= 0.6 is 23.2 Å². The first-order valence-electron chi connectivity index (χ1n) is 7.62. The fraction of sp³-hybridized carbons (Fsp3) is 0.278. The maximum absolute atomic E-state index is 12.5. The van der Waals surface area contributed by atoms with Crippen molar-refractivity contribution in [3.05, 3.63) is 58.1 Å². The number of nitrogens with one attached hydrogen (secondary N) is 2. The lowest BCUT2D eigenvalue weighted by Crippen LogP contribution is -3.12. The second-order valence-corrected chi connectivity index (χ2v) is 6.58. The van der Waals surface area contributed by atoms with Crippen molar-refractivity contribution in [1.82, 2.24) is 0 Å². The maximum Gasteiger partial charge on any atom is 0.282 e. The third kappa shape index (κ3) is 4.87. The number of carbonyl (C=O) groups is 1. The van der Waals surface area contributed by atoms with E-state index in [1.165, 1.54) is 0 Å². The van der Waals surface area contributed by atoms with Crippen LogP contribution in [-0.4, -0.2) is 26.1 Å². The second kappa shape index (κ2) is 8.38. The SMILES string of the molecule is COc1ccc(Cl)cc1NC(=O)[C@H](C)[NH+](C)Cc1ccc(Cl)cc1. The minimum atomic E-state index is -0.246. The maximum atomic E-state index is 12.5. The predicted molar refractivity (Wildman–Crippen MR) is 98.1 cm³/mol. The molecule has 0 saturated heterocycles. The molecule has 2 N–H and O–H groups in total. The molecule has 1 unspecified atom stereocenters. The van der Waals surface area contributed by atoms with Crippen LogP contribution in [0.3, 0.4) is 0 Å². The largest absolute Gasteiger partial charge is 0.495 e. The van der Waals surface area contributed by atoms with Gasteiger partial charge in [0.25, 0.3) is 5.91 Å². The van der Waals surface area contributed by atoms with Crippen LogP contribution in [0.4, 0.5) is 5.69 Å². The number of ether oxygens (including phenoxy) is 1. The number of methoxy groups -OCH3 is 1. The number of anilines is 1. The third-order valence-electron chi connectivity index (χ3n) is 3.95. The minimum absolute atomic E-state index is 0.0953. The molecule has 2 rings (SSSR count). The molecule has 0 aliphatic rings. The Bertz CT molecular complexity index is 705. The molecule has 0 spiro atoms. The Balaban J connectivity index is 2.03. The number of rotatable bonds is 6. The summed E-state index contributed by atoms with van der Waals surface area (Å²) in [4.78, 5) is 13.6. The van der Waals surface area contributed by atoms with E-state index in [-0.39, 0.29) is 11.9 Å². The van der Waals surface area contributed by atoms with Gasteiger partial charge in [0.05, 0.1) is 19.8 Å². The van der Waals surface area contributed by atoms with Gasteiger partial charge in [-0.25, -0.2) is 0 Å². The zero-order valence-corrected chi connectivity index (χ0v) is 15.4. The molecule has 24 heavy (non-hydrogen) atoms. The minimum Gasteiger partial charge on any atom is -0.495 e. The van der Waals surface area contributed by atoms with E-state index in [0.29, 0.717) is 21.5 Å². The number of halogens is 2. The highest BCUT2D eigenvalue weighted by Gasteiger charge is 2.23. The molecule has 6 heteroatoms. The van der Waals surface area contributed by atoms with Crippen molar-refractivity contribution >= 4 is 34.8 Å². The average Bonchev–Trinajstić information content (AvgIpc) is 2.56. The summed E-state index contributed by atoms with van der Waals surface area (Å²) in [6.07, 6.45) is 0. The van der Waals surface area contributed by atoms with Gasteiger partial charge in [0.1, 0.15) is 12.3 Å². The monoisotopic (exact) mass is 367 g/mol. The first-order valence-corrected chi connectivity index (χ1v) is 8.37. The van der Waals surface area contributed by atoms with Gasteiger partial charge >= 0.3 is 0 Å². The highest BCUT2D eigenvalue weighted by atomic mass is 35.5. The van der Waals surface area contributed by atoms with Crippen molar-refractivity contribution in [3.8, 4) is 5.75 Å². The van der Waals surface area contributed by atoms with E-state index in [4.69, 9.17) is 27.9 Å². The molecule has 1 amide bonds. The Hall–Kier alpha value is -1.75. The van der Waals surface area contributed by atoms with E-state index in [1.807, 2.05) is 38.2 Å². The number of hydrogen-bond donors (Lipinski definition) is 2. The zero-order chi connectivity index (χ0) is 17.7.